The van der Waals surface area contributed by atoms with Gasteiger partial charge in [-0.2, -0.15) is 0 Å². The van der Waals surface area contributed by atoms with Gasteiger partial charge in [-0.15, -0.1) is 0 Å². The molecule has 1 aromatic carbocycles. The SMILES string of the molecule is CC(O)CNCc1ccc(OC(C)C)c(Cl)c1. The van der Waals surface area contributed by atoms with E-state index in [1.807, 2.05) is 32.0 Å². The highest BCUT2D eigenvalue weighted by Crippen LogP contribution is 2.26. The fourth-order valence-electron chi connectivity index (χ4n) is 1.43. The van der Waals surface area contributed by atoms with Crippen LogP contribution in [0, 0.1) is 0 Å². The minimum absolute atomic E-state index is 0.117. The molecule has 0 aliphatic heterocycles. The molecule has 1 rings (SSSR count). The van der Waals surface area contributed by atoms with E-state index in [9.17, 15) is 0 Å². The van der Waals surface area contributed by atoms with Crippen LogP contribution in [0.3, 0.4) is 0 Å². The Morgan fingerprint density at radius 1 is 1.35 bits per heavy atom. The lowest BCUT2D eigenvalue weighted by molar-refractivity contribution is 0.191. The molecule has 0 saturated heterocycles. The van der Waals surface area contributed by atoms with Crippen molar-refractivity contribution in [3.05, 3.63) is 28.8 Å². The first-order chi connectivity index (χ1) is 7.99. The van der Waals surface area contributed by atoms with E-state index in [2.05, 4.69) is 5.32 Å². The highest BCUT2D eigenvalue weighted by molar-refractivity contribution is 6.32. The molecule has 1 unspecified atom stereocenters. The average molecular weight is 258 g/mol. The van der Waals surface area contributed by atoms with Crippen molar-refractivity contribution < 1.29 is 9.84 Å². The third-order valence-electron chi connectivity index (χ3n) is 2.13. The molecular weight excluding hydrogens is 238 g/mol. The quantitative estimate of drug-likeness (QED) is 0.823. The van der Waals surface area contributed by atoms with Crippen LogP contribution in [-0.4, -0.2) is 23.9 Å². The van der Waals surface area contributed by atoms with Crippen LogP contribution in [0.4, 0.5) is 0 Å². The molecule has 1 aromatic rings. The summed E-state index contributed by atoms with van der Waals surface area (Å²) in [6, 6.07) is 5.73. The molecule has 0 bridgehead atoms. The van der Waals surface area contributed by atoms with E-state index in [0.717, 1.165) is 5.56 Å². The smallest absolute Gasteiger partial charge is 0.138 e. The minimum Gasteiger partial charge on any atom is -0.489 e. The fraction of sp³-hybridized carbons (Fsp3) is 0.538. The Balaban J connectivity index is 2.56. The average Bonchev–Trinajstić information content (AvgIpc) is 2.21. The standard InChI is InChI=1S/C13H20ClNO2/c1-9(2)17-13-5-4-11(6-12(13)14)8-15-7-10(3)16/h4-6,9-10,15-16H,7-8H2,1-3H3. The van der Waals surface area contributed by atoms with Gasteiger partial charge in [-0.3, -0.25) is 0 Å². The Hall–Kier alpha value is -0.770. The van der Waals surface area contributed by atoms with Crippen molar-refractivity contribution in [3.63, 3.8) is 0 Å². The van der Waals surface area contributed by atoms with Crippen LogP contribution in [0.25, 0.3) is 0 Å². The highest BCUT2D eigenvalue weighted by atomic mass is 35.5. The Morgan fingerprint density at radius 2 is 2.06 bits per heavy atom. The summed E-state index contributed by atoms with van der Waals surface area (Å²) in [5, 5.41) is 12.9. The highest BCUT2D eigenvalue weighted by Gasteiger charge is 2.05. The van der Waals surface area contributed by atoms with Crippen molar-refractivity contribution >= 4 is 11.6 Å². The van der Waals surface area contributed by atoms with Crippen molar-refractivity contribution in [2.24, 2.45) is 0 Å². The first-order valence-corrected chi connectivity index (χ1v) is 6.20. The number of hydrogen-bond acceptors (Lipinski definition) is 3. The van der Waals surface area contributed by atoms with Gasteiger partial charge in [0.2, 0.25) is 0 Å². The number of halogens is 1. The second kappa shape index (κ2) is 6.84. The van der Waals surface area contributed by atoms with Gasteiger partial charge in [-0.25, -0.2) is 0 Å². The topological polar surface area (TPSA) is 41.5 Å². The summed E-state index contributed by atoms with van der Waals surface area (Å²) >= 11 is 6.11. The summed E-state index contributed by atoms with van der Waals surface area (Å²) in [7, 11) is 0. The number of aliphatic hydroxyl groups is 1. The summed E-state index contributed by atoms with van der Waals surface area (Å²) in [4.78, 5) is 0. The van der Waals surface area contributed by atoms with Crippen LogP contribution in [0.1, 0.15) is 26.3 Å². The lowest BCUT2D eigenvalue weighted by Crippen LogP contribution is -2.23. The summed E-state index contributed by atoms with van der Waals surface area (Å²) in [5.74, 6) is 0.709. The van der Waals surface area contributed by atoms with E-state index in [0.29, 0.717) is 23.9 Å². The number of aliphatic hydroxyl groups excluding tert-OH is 1. The van der Waals surface area contributed by atoms with Crippen LogP contribution in [0.5, 0.6) is 5.75 Å². The van der Waals surface area contributed by atoms with Gasteiger partial charge in [-0.05, 0) is 38.5 Å². The first kappa shape index (κ1) is 14.3. The van der Waals surface area contributed by atoms with Gasteiger partial charge in [0, 0.05) is 13.1 Å². The molecule has 4 heteroatoms. The molecule has 1 atom stereocenters. The Morgan fingerprint density at radius 3 is 2.59 bits per heavy atom. The largest absolute Gasteiger partial charge is 0.489 e. The predicted octanol–water partition coefficient (Wildman–Crippen LogP) is 2.60. The summed E-state index contributed by atoms with van der Waals surface area (Å²) < 4.78 is 5.55. The number of hydrogen-bond donors (Lipinski definition) is 2. The van der Waals surface area contributed by atoms with Gasteiger partial charge in [0.05, 0.1) is 17.2 Å². The van der Waals surface area contributed by atoms with Crippen LogP contribution < -0.4 is 10.1 Å². The Bertz CT molecular complexity index is 353. The van der Waals surface area contributed by atoms with Crippen LogP contribution >= 0.6 is 11.6 Å². The molecular formula is C13H20ClNO2. The molecule has 0 amide bonds. The Labute approximate surface area is 108 Å². The molecule has 0 aliphatic rings. The van der Waals surface area contributed by atoms with E-state index in [4.69, 9.17) is 21.4 Å². The summed E-state index contributed by atoms with van der Waals surface area (Å²) in [5.41, 5.74) is 1.08. The molecule has 0 spiro atoms. The third-order valence-corrected chi connectivity index (χ3v) is 2.42. The lowest BCUT2D eigenvalue weighted by Gasteiger charge is -2.13. The number of ether oxygens (including phenoxy) is 1. The summed E-state index contributed by atoms with van der Waals surface area (Å²) in [6.45, 7) is 6.94. The molecule has 96 valence electrons. The second-order valence-corrected chi connectivity index (χ2v) is 4.82. The van der Waals surface area contributed by atoms with E-state index in [-0.39, 0.29) is 12.2 Å². The number of nitrogens with one attached hydrogen (secondary N) is 1. The predicted molar refractivity (Wildman–Crippen MR) is 70.6 cm³/mol. The molecule has 0 radical (unpaired) electrons. The molecule has 17 heavy (non-hydrogen) atoms. The lowest BCUT2D eigenvalue weighted by atomic mass is 10.2. The van der Waals surface area contributed by atoms with Crippen molar-refractivity contribution in [1.82, 2.24) is 5.32 Å². The molecule has 0 saturated carbocycles. The molecule has 0 aliphatic carbocycles. The monoisotopic (exact) mass is 257 g/mol. The maximum Gasteiger partial charge on any atom is 0.138 e. The van der Waals surface area contributed by atoms with Gasteiger partial charge in [0.15, 0.2) is 0 Å². The van der Waals surface area contributed by atoms with E-state index < -0.39 is 0 Å². The number of benzene rings is 1. The zero-order chi connectivity index (χ0) is 12.8. The second-order valence-electron chi connectivity index (χ2n) is 4.41. The third kappa shape index (κ3) is 5.39. The molecule has 0 fully saturated rings. The van der Waals surface area contributed by atoms with Gasteiger partial charge in [0.25, 0.3) is 0 Å². The van der Waals surface area contributed by atoms with Crippen molar-refractivity contribution in [2.45, 2.75) is 39.5 Å². The van der Waals surface area contributed by atoms with Crippen LogP contribution in [0.2, 0.25) is 5.02 Å². The maximum atomic E-state index is 9.12. The maximum absolute atomic E-state index is 9.12. The van der Waals surface area contributed by atoms with E-state index >= 15 is 0 Å². The molecule has 0 aromatic heterocycles. The van der Waals surface area contributed by atoms with Gasteiger partial charge in [-0.1, -0.05) is 17.7 Å². The van der Waals surface area contributed by atoms with E-state index in [1.165, 1.54) is 0 Å². The normalized spacial score (nSPS) is 12.8. The van der Waals surface area contributed by atoms with Gasteiger partial charge < -0.3 is 15.2 Å². The minimum atomic E-state index is -0.339. The van der Waals surface area contributed by atoms with Crippen molar-refractivity contribution in [2.75, 3.05) is 6.54 Å². The first-order valence-electron chi connectivity index (χ1n) is 5.83. The van der Waals surface area contributed by atoms with Crippen molar-refractivity contribution in [1.29, 1.82) is 0 Å². The Kier molecular flexibility index (Phi) is 5.75. The zero-order valence-corrected chi connectivity index (χ0v) is 11.3. The zero-order valence-electron chi connectivity index (χ0n) is 10.5. The number of rotatable bonds is 6. The van der Waals surface area contributed by atoms with Gasteiger partial charge >= 0.3 is 0 Å². The molecule has 3 nitrogen and oxygen atoms in total. The molecule has 0 heterocycles. The molecule has 2 N–H and O–H groups in total. The van der Waals surface area contributed by atoms with Crippen LogP contribution in [0.15, 0.2) is 18.2 Å². The van der Waals surface area contributed by atoms with Gasteiger partial charge in [0.1, 0.15) is 5.75 Å². The fourth-order valence-corrected chi connectivity index (χ4v) is 1.68. The van der Waals surface area contributed by atoms with Crippen LogP contribution in [-0.2, 0) is 6.54 Å². The van der Waals surface area contributed by atoms with E-state index in [1.54, 1.807) is 6.92 Å². The summed E-state index contributed by atoms with van der Waals surface area (Å²) in [6.07, 6.45) is -0.222. The van der Waals surface area contributed by atoms with Crippen molar-refractivity contribution in [3.8, 4) is 5.75 Å².